The molecular weight excluding hydrogens is 509 g/mol. The lowest BCUT2D eigenvalue weighted by atomic mass is 10.0. The van der Waals surface area contributed by atoms with Crippen molar-refractivity contribution in [2.75, 3.05) is 46.1 Å². The van der Waals surface area contributed by atoms with Crippen LogP contribution in [0.2, 0.25) is 5.02 Å². The monoisotopic (exact) mass is 545 g/mol. The van der Waals surface area contributed by atoms with Gasteiger partial charge in [-0.3, -0.25) is 4.48 Å². The highest BCUT2D eigenvalue weighted by molar-refractivity contribution is 6.30. The van der Waals surface area contributed by atoms with Gasteiger partial charge in [0.25, 0.3) is 0 Å². The molecule has 3 N–H and O–H groups in total. The van der Waals surface area contributed by atoms with Crippen LogP contribution in [0.3, 0.4) is 0 Å². The van der Waals surface area contributed by atoms with Crippen LogP contribution in [-0.2, 0) is 9.47 Å². The van der Waals surface area contributed by atoms with Crippen molar-refractivity contribution in [2.45, 2.75) is 32.3 Å². The molecule has 6 nitrogen and oxygen atoms in total. The van der Waals surface area contributed by atoms with Gasteiger partial charge in [-0.05, 0) is 55.0 Å². The topological polar surface area (TPSA) is 73.6 Å². The van der Waals surface area contributed by atoms with Gasteiger partial charge >= 0.3 is 6.09 Å². The number of hydrogen-bond donors (Lipinski definition) is 2. The number of alkyl carbamates (subject to hydrolysis) is 1. The summed E-state index contributed by atoms with van der Waals surface area (Å²) in [5, 5.41) is 3.53. The molecule has 9 heteroatoms. The van der Waals surface area contributed by atoms with Gasteiger partial charge in [0.15, 0.2) is 0 Å². The Balaban J connectivity index is 0.00000306. The first kappa shape index (κ1) is 31.5. The van der Waals surface area contributed by atoms with Gasteiger partial charge in [-0.2, -0.15) is 0 Å². The fraction of sp³-hybridized carbons (Fsp3) is 0.500. The third-order valence-corrected chi connectivity index (χ3v) is 6.61. The van der Waals surface area contributed by atoms with Crippen LogP contribution >= 0.6 is 24.0 Å². The number of carbonyl (C=O) groups excluding carboxylic acids is 1. The van der Waals surface area contributed by atoms with Gasteiger partial charge in [-0.25, -0.2) is 4.79 Å². The van der Waals surface area contributed by atoms with E-state index in [1.165, 1.54) is 6.42 Å². The molecule has 1 saturated heterocycles. The van der Waals surface area contributed by atoms with E-state index in [2.05, 4.69) is 17.4 Å². The van der Waals surface area contributed by atoms with E-state index < -0.39 is 0 Å². The molecule has 0 aromatic heterocycles. The lowest BCUT2D eigenvalue weighted by molar-refractivity contribution is -0.948. The van der Waals surface area contributed by atoms with Gasteiger partial charge in [-0.1, -0.05) is 61.0 Å². The second kappa shape index (κ2) is 16.3. The Hall–Kier alpha value is -1.54. The second-order valence-electron chi connectivity index (χ2n) is 9.07. The Kier molecular flexibility index (Phi) is 14.6. The summed E-state index contributed by atoms with van der Waals surface area (Å²) >= 11 is 6.10. The van der Waals surface area contributed by atoms with Gasteiger partial charge in [0.05, 0.1) is 19.7 Å². The smallest absolute Gasteiger partial charge is 0.411 e. The number of nitrogens with one attached hydrogen (secondary N) is 1. The largest absolute Gasteiger partial charge is 1.00 e. The summed E-state index contributed by atoms with van der Waals surface area (Å²) in [5.74, 6) is 0.229. The van der Waals surface area contributed by atoms with E-state index in [4.69, 9.17) is 26.8 Å². The molecule has 196 valence electrons. The van der Waals surface area contributed by atoms with E-state index in [1.54, 1.807) is 0 Å². The van der Waals surface area contributed by atoms with Gasteiger partial charge in [-0.15, -0.1) is 12.4 Å². The highest BCUT2D eigenvalue weighted by atomic mass is 35.5. The number of hydrogen-bond acceptors (Lipinski definition) is 4. The zero-order chi connectivity index (χ0) is 23.5. The predicted octanol–water partition coefficient (Wildman–Crippen LogP) is 2.15. The maximum Gasteiger partial charge on any atom is 0.411 e. The number of nitrogens with two attached hydrogens (primary N) is 1. The number of piperidine rings is 1. The van der Waals surface area contributed by atoms with Gasteiger partial charge in [0, 0.05) is 11.6 Å². The Labute approximate surface area is 226 Å². The lowest BCUT2D eigenvalue weighted by Gasteiger charge is -2.40. The molecule has 2 unspecified atom stereocenters. The fourth-order valence-electron chi connectivity index (χ4n) is 4.20. The van der Waals surface area contributed by atoms with Crippen molar-refractivity contribution in [1.29, 1.82) is 0 Å². The molecule has 2 aromatic rings. The third kappa shape index (κ3) is 10.2. The SMILES string of the molecule is CC(CN)CNC(=O)OC[N+]1(CCOC(c2ccccc2)c2ccc(Cl)cc2)CCCCC1.Cl.[Cl-]. The highest BCUT2D eigenvalue weighted by Crippen LogP contribution is 2.28. The van der Waals surface area contributed by atoms with E-state index in [-0.39, 0.29) is 42.9 Å². The number of nitrogens with zero attached hydrogens (tertiary/aromatic N) is 1. The van der Waals surface area contributed by atoms with Crippen LogP contribution in [-0.4, -0.2) is 56.6 Å². The Morgan fingerprint density at radius 3 is 2.31 bits per heavy atom. The summed E-state index contributed by atoms with van der Waals surface area (Å²) in [7, 11) is 0. The van der Waals surface area contributed by atoms with Crippen LogP contribution in [0.15, 0.2) is 54.6 Å². The molecule has 1 heterocycles. The van der Waals surface area contributed by atoms with E-state index in [9.17, 15) is 4.79 Å². The molecule has 0 aliphatic carbocycles. The quantitative estimate of drug-likeness (QED) is 0.424. The number of ether oxygens (including phenoxy) is 2. The van der Waals surface area contributed by atoms with Gasteiger partial charge in [0.1, 0.15) is 12.6 Å². The Bertz CT molecular complexity index is 850. The number of quaternary nitrogens is 1. The fourth-order valence-corrected chi connectivity index (χ4v) is 4.33. The maximum atomic E-state index is 12.2. The lowest BCUT2D eigenvalue weighted by Crippen LogP contribution is -3.00. The highest BCUT2D eigenvalue weighted by Gasteiger charge is 2.32. The second-order valence-corrected chi connectivity index (χ2v) is 9.51. The molecule has 1 amide bonds. The van der Waals surface area contributed by atoms with Crippen molar-refractivity contribution in [3.05, 3.63) is 70.7 Å². The van der Waals surface area contributed by atoms with E-state index >= 15 is 0 Å². The normalized spacial score (nSPS) is 16.2. The number of likely N-dealkylation sites (tertiary alicyclic amines) is 1. The van der Waals surface area contributed by atoms with Gasteiger partial charge < -0.3 is 32.9 Å². The van der Waals surface area contributed by atoms with Crippen LogP contribution < -0.4 is 23.5 Å². The summed E-state index contributed by atoms with van der Waals surface area (Å²) < 4.78 is 12.8. The molecule has 1 fully saturated rings. The van der Waals surface area contributed by atoms with Crippen LogP contribution in [0.5, 0.6) is 0 Å². The average molecular weight is 547 g/mol. The molecule has 1 aliphatic heterocycles. The van der Waals surface area contributed by atoms with Gasteiger partial charge in [0.2, 0.25) is 6.73 Å². The molecule has 0 saturated carbocycles. The predicted molar refractivity (Wildman–Crippen MR) is 139 cm³/mol. The number of rotatable bonds is 11. The number of carbonyl (C=O) groups is 1. The van der Waals surface area contributed by atoms with Crippen LogP contribution in [0, 0.1) is 5.92 Å². The number of benzene rings is 2. The molecule has 3 rings (SSSR count). The average Bonchev–Trinajstić information content (AvgIpc) is 2.86. The van der Waals surface area contributed by atoms with E-state index in [0.29, 0.717) is 31.4 Å². The Morgan fingerprint density at radius 1 is 1.06 bits per heavy atom. The molecular formula is C26H38Cl3N3O3. The molecule has 35 heavy (non-hydrogen) atoms. The first-order chi connectivity index (χ1) is 16.0. The number of amides is 1. The summed E-state index contributed by atoms with van der Waals surface area (Å²) in [6.07, 6.45) is 2.94. The van der Waals surface area contributed by atoms with Crippen molar-refractivity contribution in [1.82, 2.24) is 5.32 Å². The minimum atomic E-state index is -0.373. The van der Waals surface area contributed by atoms with Crippen molar-refractivity contribution in [3.8, 4) is 0 Å². The standard InChI is InChI=1S/C26H36ClN3O3.2ClH/c1-21(18-28)19-29-26(31)33-20-30(14-6-3-7-15-30)16-17-32-25(22-8-4-2-5-9-22)23-10-12-24(27)13-11-23;;/h2,4-5,8-13,21,25H,3,6-7,14-20,28H2,1H3;2*1H. The summed E-state index contributed by atoms with van der Waals surface area (Å²) in [6, 6.07) is 18.0. The first-order valence-corrected chi connectivity index (χ1v) is 12.3. The Morgan fingerprint density at radius 2 is 1.69 bits per heavy atom. The minimum Gasteiger partial charge on any atom is -1.00 e. The minimum absolute atomic E-state index is 0. The molecule has 1 aliphatic rings. The van der Waals surface area contributed by atoms with E-state index in [0.717, 1.165) is 48.1 Å². The van der Waals surface area contributed by atoms with Crippen molar-refractivity contribution in [2.24, 2.45) is 11.7 Å². The van der Waals surface area contributed by atoms with Crippen LogP contribution in [0.25, 0.3) is 0 Å². The number of halogens is 3. The maximum absolute atomic E-state index is 12.2. The summed E-state index contributed by atoms with van der Waals surface area (Å²) in [6.45, 7) is 6.77. The van der Waals surface area contributed by atoms with Crippen molar-refractivity contribution >= 4 is 30.1 Å². The van der Waals surface area contributed by atoms with E-state index in [1.807, 2.05) is 49.4 Å². The van der Waals surface area contributed by atoms with Crippen molar-refractivity contribution in [3.63, 3.8) is 0 Å². The zero-order valence-electron chi connectivity index (χ0n) is 20.3. The molecule has 2 atom stereocenters. The zero-order valence-corrected chi connectivity index (χ0v) is 22.7. The third-order valence-electron chi connectivity index (χ3n) is 6.36. The first-order valence-electron chi connectivity index (χ1n) is 11.9. The molecule has 0 bridgehead atoms. The summed E-state index contributed by atoms with van der Waals surface area (Å²) in [4.78, 5) is 12.2. The molecule has 2 aromatic carbocycles. The molecule has 0 spiro atoms. The summed E-state index contributed by atoms with van der Waals surface area (Å²) in [5.41, 5.74) is 7.80. The van der Waals surface area contributed by atoms with Crippen molar-refractivity contribution < 1.29 is 31.2 Å². The van der Waals surface area contributed by atoms with Crippen LogP contribution in [0.4, 0.5) is 4.79 Å². The van der Waals surface area contributed by atoms with Crippen LogP contribution in [0.1, 0.15) is 43.4 Å². The molecule has 0 radical (unpaired) electrons.